The Morgan fingerprint density at radius 1 is 0.734 bits per heavy atom. The molecular formula is C49H85N2O10PS2. The number of unbranched alkanes of at least 4 members (excludes halogenated alkanes) is 22. The summed E-state index contributed by atoms with van der Waals surface area (Å²) in [7, 11) is -2.63. The summed E-state index contributed by atoms with van der Waals surface area (Å²) < 4.78 is 24.0. The number of pyridine rings is 1. The Morgan fingerprint density at radius 2 is 1.19 bits per heavy atom. The van der Waals surface area contributed by atoms with E-state index < -0.39 is 56.3 Å². The average Bonchev–Trinajstić information content (AvgIpc) is 3.28. The number of aliphatic carboxylic acids is 1. The van der Waals surface area contributed by atoms with E-state index in [-0.39, 0.29) is 25.1 Å². The summed E-state index contributed by atoms with van der Waals surface area (Å²) in [6, 6.07) is 4.37. The number of Topliss-reactive ketones (excluding diaryl/α,β-unsaturated/α-hetero) is 2. The van der Waals surface area contributed by atoms with Crippen LogP contribution in [-0.2, 0) is 28.0 Å². The number of aromatic nitrogens is 1. The van der Waals surface area contributed by atoms with E-state index in [0.29, 0.717) is 30.7 Å². The highest BCUT2D eigenvalue weighted by Crippen LogP contribution is 2.49. The number of hydrogen-bond donors (Lipinski definition) is 5. The second-order valence-corrected chi connectivity index (χ2v) is 20.5. The molecule has 1 heterocycles. The van der Waals surface area contributed by atoms with Crippen molar-refractivity contribution >= 4 is 46.9 Å². The number of allylic oxidation sites excluding steroid dienone is 4. The molecule has 1 aromatic heterocycles. The number of phosphoric ester groups is 1. The van der Waals surface area contributed by atoms with E-state index in [0.717, 1.165) is 64.2 Å². The molecule has 0 aliphatic carbocycles. The Hall–Kier alpha value is -1.87. The van der Waals surface area contributed by atoms with Gasteiger partial charge in [-0.15, -0.1) is 0 Å². The fraction of sp³-hybridized carbons (Fsp3) is 0.755. The van der Waals surface area contributed by atoms with E-state index in [1.807, 2.05) is 6.07 Å². The summed E-state index contributed by atoms with van der Waals surface area (Å²) in [5, 5.41) is 34.4. The van der Waals surface area contributed by atoms with Gasteiger partial charge in [-0.05, 0) is 87.1 Å². The minimum absolute atomic E-state index is 0.144. The topological polar surface area (TPSA) is 193 Å². The Morgan fingerprint density at radius 3 is 1.61 bits per heavy atom. The van der Waals surface area contributed by atoms with Crippen molar-refractivity contribution in [2.24, 2.45) is 0 Å². The number of ketones is 2. The minimum atomic E-state index is -5.21. The molecule has 15 heteroatoms. The van der Waals surface area contributed by atoms with Gasteiger partial charge in [0, 0.05) is 31.3 Å². The lowest BCUT2D eigenvalue weighted by atomic mass is 9.82. The number of rotatable bonds is 46. The van der Waals surface area contributed by atoms with Crippen molar-refractivity contribution in [1.29, 1.82) is 0 Å². The smallest absolute Gasteiger partial charge is 0.473 e. The number of nitrogens with one attached hydrogen (secondary N) is 1. The molecule has 0 aliphatic rings. The van der Waals surface area contributed by atoms with Crippen molar-refractivity contribution in [2.75, 3.05) is 25.5 Å². The summed E-state index contributed by atoms with van der Waals surface area (Å²) in [6.07, 6.45) is 35.4. The molecule has 5 N–H and O–H groups in total. The van der Waals surface area contributed by atoms with Crippen molar-refractivity contribution < 1.29 is 48.2 Å². The van der Waals surface area contributed by atoms with Gasteiger partial charge in [-0.25, -0.2) is 9.55 Å². The Labute approximate surface area is 394 Å². The number of carboxylic acid groups (broad SMARTS) is 1. The Bertz CT molecular complexity index is 1390. The van der Waals surface area contributed by atoms with E-state index in [2.05, 4.69) is 48.5 Å². The average molecular weight is 957 g/mol. The van der Waals surface area contributed by atoms with Crippen molar-refractivity contribution in [1.82, 2.24) is 10.3 Å². The van der Waals surface area contributed by atoms with E-state index in [9.17, 15) is 39.2 Å². The standard InChI is InChI=1S/C49H85N2O10PS2/c1-3-5-7-9-11-13-15-17-19-21-23-25-27-29-31-35-44(53)49(46(55)41-52,45(54)36-32-30-28-26-24-22-20-18-16-14-12-10-8-6-4-2)61-62(58,59)60-40-39-50-43(48(56)57)42-63-64-47-37-33-34-38-51-47/h17-20,33-34,37-38,43,46,50,52,55H,3-16,21-32,35-36,39-42H2,1-2H3,(H,56,57)(H,58,59)/b19-17-,20-18-/t43?,46-/m0/s1. The van der Waals surface area contributed by atoms with Crippen LogP contribution in [0.25, 0.3) is 0 Å². The Balaban J connectivity index is 2.78. The van der Waals surface area contributed by atoms with Crippen LogP contribution in [0.15, 0.2) is 53.7 Å². The number of carbonyl (C=O) groups excluding carboxylic acids is 2. The zero-order chi connectivity index (χ0) is 47.0. The number of aliphatic hydroxyl groups excluding tert-OH is 2. The fourth-order valence-corrected chi connectivity index (χ4v) is 10.4. The first-order chi connectivity index (χ1) is 31.0. The molecule has 0 spiro atoms. The van der Waals surface area contributed by atoms with E-state index in [1.54, 1.807) is 18.3 Å². The van der Waals surface area contributed by atoms with Gasteiger partial charge in [0.15, 0.2) is 11.6 Å². The van der Waals surface area contributed by atoms with Crippen LogP contribution in [0.5, 0.6) is 0 Å². The normalized spacial score (nSPS) is 14.0. The highest BCUT2D eigenvalue weighted by atomic mass is 33.1. The van der Waals surface area contributed by atoms with Crippen LogP contribution < -0.4 is 5.32 Å². The predicted octanol–water partition coefficient (Wildman–Crippen LogP) is 12.3. The molecule has 12 nitrogen and oxygen atoms in total. The van der Waals surface area contributed by atoms with Crippen LogP contribution in [0.4, 0.5) is 0 Å². The molecule has 0 bridgehead atoms. The third-order valence-corrected chi connectivity index (χ3v) is 14.4. The molecule has 1 rings (SSSR count). The molecule has 0 aromatic carbocycles. The lowest BCUT2D eigenvalue weighted by Crippen LogP contribution is -2.58. The molecular weight excluding hydrogens is 872 g/mol. The van der Waals surface area contributed by atoms with Crippen LogP contribution in [-0.4, -0.2) is 86.0 Å². The van der Waals surface area contributed by atoms with Crippen LogP contribution in [0.3, 0.4) is 0 Å². The van der Waals surface area contributed by atoms with E-state index in [4.69, 9.17) is 9.05 Å². The number of aliphatic hydroxyl groups is 2. The first-order valence-electron chi connectivity index (χ1n) is 24.5. The maximum Gasteiger partial charge on any atom is 0.473 e. The largest absolute Gasteiger partial charge is 0.480 e. The Kier molecular flexibility index (Phi) is 37.8. The van der Waals surface area contributed by atoms with Crippen LogP contribution in [0.2, 0.25) is 0 Å². The molecule has 1 aromatic rings. The second-order valence-electron chi connectivity index (χ2n) is 16.7. The van der Waals surface area contributed by atoms with Gasteiger partial charge in [-0.3, -0.25) is 23.4 Å². The highest BCUT2D eigenvalue weighted by molar-refractivity contribution is 8.76. The maximum atomic E-state index is 14.0. The van der Waals surface area contributed by atoms with Crippen LogP contribution in [0.1, 0.15) is 194 Å². The molecule has 368 valence electrons. The van der Waals surface area contributed by atoms with Crippen molar-refractivity contribution in [3.63, 3.8) is 0 Å². The third-order valence-electron chi connectivity index (χ3n) is 11.1. The molecule has 0 amide bonds. The molecule has 0 saturated heterocycles. The van der Waals surface area contributed by atoms with Crippen molar-refractivity contribution in [2.45, 2.75) is 216 Å². The fourth-order valence-electron chi connectivity index (χ4n) is 7.28. The molecule has 64 heavy (non-hydrogen) atoms. The monoisotopic (exact) mass is 957 g/mol. The van der Waals surface area contributed by atoms with Gasteiger partial charge in [0.05, 0.1) is 13.2 Å². The molecule has 2 unspecified atom stereocenters. The molecule has 0 fully saturated rings. The zero-order valence-corrected chi connectivity index (χ0v) is 41.9. The number of hydrogen-bond acceptors (Lipinski definition) is 12. The maximum absolute atomic E-state index is 14.0. The summed E-state index contributed by atoms with van der Waals surface area (Å²) in [6.45, 7) is 2.70. The van der Waals surface area contributed by atoms with Gasteiger partial charge in [0.25, 0.3) is 0 Å². The number of nitrogens with zero attached hydrogens (tertiary/aromatic N) is 1. The SMILES string of the molecule is CCCCCCCC/C=C\CCCCCCCC(=O)C(OP(=O)(O)OCCNC(CSSc1ccccn1)C(=O)O)(C(=O)CCCCCCC/C=C\CCCCCCCC)[C@@H](O)CO. The second kappa shape index (κ2) is 40.2. The highest BCUT2D eigenvalue weighted by Gasteiger charge is 2.55. The summed E-state index contributed by atoms with van der Waals surface area (Å²) in [5.41, 5.74) is -2.81. The predicted molar refractivity (Wildman–Crippen MR) is 264 cm³/mol. The lowest BCUT2D eigenvalue weighted by molar-refractivity contribution is -0.165. The number of carbonyl (C=O) groups is 3. The van der Waals surface area contributed by atoms with Gasteiger partial charge < -0.3 is 25.5 Å². The van der Waals surface area contributed by atoms with Gasteiger partial charge in [0.1, 0.15) is 17.2 Å². The molecule has 0 aliphatic heterocycles. The van der Waals surface area contributed by atoms with Gasteiger partial charge in [-0.2, -0.15) is 0 Å². The molecule has 0 radical (unpaired) electrons. The van der Waals surface area contributed by atoms with Crippen molar-refractivity contribution in [3.8, 4) is 0 Å². The first-order valence-corrected chi connectivity index (χ1v) is 28.4. The number of carboxylic acids is 1. The molecule has 3 atom stereocenters. The summed E-state index contributed by atoms with van der Waals surface area (Å²) >= 11 is 0. The van der Waals surface area contributed by atoms with Crippen LogP contribution >= 0.6 is 29.4 Å². The number of phosphoric acid groups is 1. The third kappa shape index (κ3) is 29.7. The van der Waals surface area contributed by atoms with Gasteiger partial charge in [-0.1, -0.05) is 158 Å². The quantitative estimate of drug-likeness (QED) is 0.0136. The summed E-state index contributed by atoms with van der Waals surface area (Å²) in [5.74, 6) is -2.75. The lowest BCUT2D eigenvalue weighted by Gasteiger charge is -2.35. The zero-order valence-electron chi connectivity index (χ0n) is 39.4. The summed E-state index contributed by atoms with van der Waals surface area (Å²) in [4.78, 5) is 54.9. The first kappa shape index (κ1) is 60.1. The van der Waals surface area contributed by atoms with Gasteiger partial charge in [0.2, 0.25) is 5.60 Å². The van der Waals surface area contributed by atoms with Crippen molar-refractivity contribution in [3.05, 3.63) is 48.7 Å². The molecule has 0 saturated carbocycles. The van der Waals surface area contributed by atoms with E-state index >= 15 is 0 Å². The van der Waals surface area contributed by atoms with Crippen LogP contribution in [0, 0.1) is 0 Å². The van der Waals surface area contributed by atoms with E-state index in [1.165, 1.54) is 98.6 Å². The van der Waals surface area contributed by atoms with Gasteiger partial charge >= 0.3 is 13.8 Å². The minimum Gasteiger partial charge on any atom is -0.480 e.